The van der Waals surface area contributed by atoms with Gasteiger partial charge in [-0.25, -0.2) is 0 Å². The second-order valence-electron chi connectivity index (χ2n) is 22.6. The number of hydrogen-bond donors (Lipinski definition) is 7. The van der Waals surface area contributed by atoms with E-state index in [1.54, 1.807) is 0 Å². The summed E-state index contributed by atoms with van der Waals surface area (Å²) in [6, 6.07) is 0. The Kier molecular flexibility index (Phi) is 48.7. The summed E-state index contributed by atoms with van der Waals surface area (Å²) in [6.07, 6.45) is 52.5. The van der Waals surface area contributed by atoms with Crippen LogP contribution in [0.1, 0.15) is 245 Å². The Morgan fingerprint density at radius 3 is 1.27 bits per heavy atom. The maximum atomic E-state index is 13.1. The molecule has 2 aliphatic heterocycles. The Morgan fingerprint density at radius 1 is 0.420 bits per heavy atom. The fraction of sp³-hybridized carbons (Fsp3) is 0.806. The van der Waals surface area contributed by atoms with Crippen LogP contribution >= 0.6 is 0 Å². The molecule has 470 valence electrons. The number of allylic oxidation sites excluding steroid dienone is 12. The van der Waals surface area contributed by atoms with Gasteiger partial charge in [0.15, 0.2) is 12.6 Å². The summed E-state index contributed by atoms with van der Waals surface area (Å²) in [4.78, 5) is 13.1. The Balaban J connectivity index is 1.67. The molecule has 14 nitrogen and oxygen atoms in total. The van der Waals surface area contributed by atoms with Crippen LogP contribution in [0.4, 0.5) is 0 Å². The number of ether oxygens (including phenoxy) is 6. The summed E-state index contributed by atoms with van der Waals surface area (Å²) in [5.41, 5.74) is 0. The van der Waals surface area contributed by atoms with Crippen LogP contribution in [0.25, 0.3) is 0 Å². The van der Waals surface area contributed by atoms with Crippen molar-refractivity contribution < 1.29 is 69.0 Å². The summed E-state index contributed by atoms with van der Waals surface area (Å²) in [5, 5.41) is 72.5. The molecule has 0 spiro atoms. The average Bonchev–Trinajstić information content (AvgIpc) is 3.46. The summed E-state index contributed by atoms with van der Waals surface area (Å²) in [6.45, 7) is 3.58. The van der Waals surface area contributed by atoms with Crippen LogP contribution in [-0.2, 0) is 33.2 Å². The van der Waals surface area contributed by atoms with Gasteiger partial charge in [-0.05, 0) is 83.5 Å². The summed E-state index contributed by atoms with van der Waals surface area (Å²) < 4.78 is 34.5. The second kappa shape index (κ2) is 52.9. The Labute approximate surface area is 491 Å². The zero-order chi connectivity index (χ0) is 58.6. The van der Waals surface area contributed by atoms with Gasteiger partial charge in [-0.1, -0.05) is 228 Å². The van der Waals surface area contributed by atoms with E-state index < -0.39 is 86.7 Å². The monoisotopic (exact) mass is 1150 g/mol. The molecule has 0 aromatic heterocycles. The molecule has 11 unspecified atom stereocenters. The van der Waals surface area contributed by atoms with Crippen LogP contribution < -0.4 is 0 Å². The minimum atomic E-state index is -1.71. The summed E-state index contributed by atoms with van der Waals surface area (Å²) in [7, 11) is 0. The average molecular weight is 1150 g/mol. The lowest BCUT2D eigenvalue weighted by Gasteiger charge is -2.42. The Hall–Kier alpha value is -2.57. The first-order chi connectivity index (χ1) is 39.6. The van der Waals surface area contributed by atoms with Gasteiger partial charge in [0.25, 0.3) is 0 Å². The highest BCUT2D eigenvalue weighted by Gasteiger charge is 2.47. The number of rotatable bonds is 53. The van der Waals surface area contributed by atoms with E-state index in [9.17, 15) is 40.5 Å². The highest BCUT2D eigenvalue weighted by Crippen LogP contribution is 2.27. The number of carbonyl (C=O) groups excluding carboxylic acids is 1. The third-order valence-corrected chi connectivity index (χ3v) is 15.2. The predicted molar refractivity (Wildman–Crippen MR) is 325 cm³/mol. The number of carbonyl (C=O) groups is 1. The Morgan fingerprint density at radius 2 is 0.802 bits per heavy atom. The molecule has 81 heavy (non-hydrogen) atoms. The normalized spacial score (nSPS) is 24.2. The van der Waals surface area contributed by atoms with E-state index in [0.29, 0.717) is 13.0 Å². The molecule has 2 fully saturated rings. The first-order valence-electron chi connectivity index (χ1n) is 32.5. The van der Waals surface area contributed by atoms with Crippen molar-refractivity contribution >= 4 is 5.97 Å². The van der Waals surface area contributed by atoms with Crippen molar-refractivity contribution in [3.8, 4) is 0 Å². The molecule has 14 heteroatoms. The molecule has 2 aliphatic rings. The van der Waals surface area contributed by atoms with Crippen LogP contribution in [0.15, 0.2) is 72.9 Å². The number of unbranched alkanes of at least 4 members (excludes halogenated alkanes) is 27. The minimum absolute atomic E-state index is 0.0516. The summed E-state index contributed by atoms with van der Waals surface area (Å²) in [5.74, 6) is -0.393. The molecular weight excluding hydrogens is 1030 g/mol. The number of aliphatic hydroxyl groups excluding tert-OH is 7. The molecule has 0 saturated carbocycles. The lowest BCUT2D eigenvalue weighted by Crippen LogP contribution is -2.61. The van der Waals surface area contributed by atoms with Gasteiger partial charge in [-0.2, -0.15) is 0 Å². The number of aliphatic hydroxyl groups is 7. The van der Waals surface area contributed by atoms with E-state index in [-0.39, 0.29) is 19.6 Å². The van der Waals surface area contributed by atoms with Gasteiger partial charge in [0.1, 0.15) is 54.9 Å². The quantitative estimate of drug-likeness (QED) is 0.0172. The summed E-state index contributed by atoms with van der Waals surface area (Å²) >= 11 is 0. The van der Waals surface area contributed by atoms with Crippen molar-refractivity contribution in [1.29, 1.82) is 0 Å². The molecule has 2 saturated heterocycles. The topological polar surface area (TPSA) is 214 Å². The Bertz CT molecular complexity index is 1610. The SMILES string of the molecule is CC/C=C\C/C=C\C/C=C\C/C=C\C/C=C\CCCCCCCC(=O)OC(COCCCCCCCCCCCCCCCC/C=C\CCCCCCCCCC)COC1OC(COC2OC(CO)C(O)C(O)C2O)C(O)C(O)C1O. The first kappa shape index (κ1) is 74.5. The molecule has 7 N–H and O–H groups in total. The van der Waals surface area contributed by atoms with Crippen molar-refractivity contribution in [3.63, 3.8) is 0 Å². The van der Waals surface area contributed by atoms with Gasteiger partial charge in [0.2, 0.25) is 0 Å². The molecule has 0 amide bonds. The van der Waals surface area contributed by atoms with E-state index in [2.05, 4.69) is 86.8 Å². The molecule has 11 atom stereocenters. The lowest BCUT2D eigenvalue weighted by molar-refractivity contribution is -0.332. The first-order valence-corrected chi connectivity index (χ1v) is 32.5. The van der Waals surface area contributed by atoms with E-state index in [0.717, 1.165) is 83.5 Å². The molecule has 0 aliphatic carbocycles. The van der Waals surface area contributed by atoms with Crippen LogP contribution in [-0.4, -0.2) is 142 Å². The van der Waals surface area contributed by atoms with Gasteiger partial charge >= 0.3 is 5.97 Å². The van der Waals surface area contributed by atoms with E-state index >= 15 is 0 Å². The zero-order valence-electron chi connectivity index (χ0n) is 50.8. The van der Waals surface area contributed by atoms with E-state index in [4.69, 9.17) is 28.4 Å². The largest absolute Gasteiger partial charge is 0.457 e. The highest BCUT2D eigenvalue weighted by atomic mass is 16.7. The van der Waals surface area contributed by atoms with Crippen molar-refractivity contribution in [1.82, 2.24) is 0 Å². The molecule has 0 aromatic carbocycles. The third kappa shape index (κ3) is 38.9. The van der Waals surface area contributed by atoms with Crippen molar-refractivity contribution in [2.75, 3.05) is 33.0 Å². The van der Waals surface area contributed by atoms with Crippen LogP contribution in [0.2, 0.25) is 0 Å². The number of esters is 1. The van der Waals surface area contributed by atoms with Crippen LogP contribution in [0.5, 0.6) is 0 Å². The van der Waals surface area contributed by atoms with Crippen molar-refractivity contribution in [3.05, 3.63) is 72.9 Å². The maximum absolute atomic E-state index is 13.1. The van der Waals surface area contributed by atoms with Crippen molar-refractivity contribution in [2.24, 2.45) is 0 Å². The molecule has 0 radical (unpaired) electrons. The minimum Gasteiger partial charge on any atom is -0.457 e. The fourth-order valence-electron chi connectivity index (χ4n) is 10.0. The van der Waals surface area contributed by atoms with Crippen LogP contribution in [0.3, 0.4) is 0 Å². The number of hydrogen-bond acceptors (Lipinski definition) is 14. The smallest absolute Gasteiger partial charge is 0.306 e. The lowest BCUT2D eigenvalue weighted by atomic mass is 9.98. The molecular formula is C67H118O14. The van der Waals surface area contributed by atoms with Gasteiger partial charge in [0, 0.05) is 13.0 Å². The molecule has 2 heterocycles. The second-order valence-corrected chi connectivity index (χ2v) is 22.6. The van der Waals surface area contributed by atoms with Crippen molar-refractivity contribution in [2.45, 2.75) is 313 Å². The molecule has 2 rings (SSSR count). The van der Waals surface area contributed by atoms with Crippen LogP contribution in [0, 0.1) is 0 Å². The van der Waals surface area contributed by atoms with E-state index in [1.165, 1.54) is 135 Å². The van der Waals surface area contributed by atoms with Gasteiger partial charge in [-0.3, -0.25) is 4.79 Å². The maximum Gasteiger partial charge on any atom is 0.306 e. The third-order valence-electron chi connectivity index (χ3n) is 15.2. The standard InChI is InChI=1S/C67H118O14/c1-3-5-7-9-11-13-15-17-19-21-23-25-26-27-28-29-31-33-35-37-39-41-43-45-47-49-51-76-53-56(54-77-66-65(75)63(73)61(71)58(81-66)55-78-67-64(74)62(72)60(70)57(52-68)80-67)79-59(69)50-48-46-44-42-40-38-36-34-32-30-24-22-20-18-16-14-12-10-8-6-4-2/h6,8,12,14,18,20-21,23-24,30,34,36,56-58,60-68,70-75H,3-5,7,9-11,13,15-17,19,22,25-29,31-33,35,37-55H2,1-2H3/b8-6-,14-12-,20-18-,23-21-,30-24-,36-34-. The molecule has 0 aromatic rings. The highest BCUT2D eigenvalue weighted by molar-refractivity contribution is 5.69. The van der Waals surface area contributed by atoms with Gasteiger partial charge < -0.3 is 64.2 Å². The fourth-order valence-corrected chi connectivity index (χ4v) is 10.0. The van der Waals surface area contributed by atoms with E-state index in [1.807, 2.05) is 0 Å². The zero-order valence-corrected chi connectivity index (χ0v) is 50.8. The van der Waals surface area contributed by atoms with Gasteiger partial charge in [-0.15, -0.1) is 0 Å². The van der Waals surface area contributed by atoms with Gasteiger partial charge in [0.05, 0.1) is 26.4 Å². The predicted octanol–water partition coefficient (Wildman–Crippen LogP) is 13.0. The molecule has 0 bridgehead atoms.